The second-order valence-electron chi connectivity index (χ2n) is 6.09. The Morgan fingerprint density at radius 1 is 1.04 bits per heavy atom. The molecule has 0 saturated heterocycles. The molecule has 0 atom stereocenters. The molecule has 28 heavy (non-hydrogen) atoms. The molecule has 1 amide bonds. The summed E-state index contributed by atoms with van der Waals surface area (Å²) in [6.45, 7) is 6.03. The molecule has 152 valence electrons. The van der Waals surface area contributed by atoms with Gasteiger partial charge in [0.25, 0.3) is 5.91 Å². The fraction of sp³-hybridized carbons (Fsp3) is 0.350. The smallest absolute Gasteiger partial charge is 0.256 e. The van der Waals surface area contributed by atoms with Crippen LogP contribution in [0.25, 0.3) is 0 Å². The molecule has 2 rings (SSSR count). The summed E-state index contributed by atoms with van der Waals surface area (Å²) in [7, 11) is -0.624. The maximum absolute atomic E-state index is 12.8. The molecule has 0 spiro atoms. The number of carbonyl (C=O) groups excluding carboxylic acids is 1. The van der Waals surface area contributed by atoms with Crippen molar-refractivity contribution in [1.29, 1.82) is 0 Å². The SMILES string of the molecule is CCN(CC)S(=O)(=O)c1ccc(C)c(C(=O)Nc2ccc(OC)cc2OC)c1. The topological polar surface area (TPSA) is 84.9 Å². The summed E-state index contributed by atoms with van der Waals surface area (Å²) in [5, 5.41) is 2.78. The number of carbonyl (C=O) groups is 1. The molecule has 0 aromatic heterocycles. The van der Waals surface area contributed by atoms with E-state index >= 15 is 0 Å². The van der Waals surface area contributed by atoms with Gasteiger partial charge in [-0.25, -0.2) is 8.42 Å². The molecule has 0 aliphatic rings. The highest BCUT2D eigenvalue weighted by molar-refractivity contribution is 7.89. The monoisotopic (exact) mass is 406 g/mol. The van der Waals surface area contributed by atoms with E-state index in [0.29, 0.717) is 35.8 Å². The third-order valence-corrected chi connectivity index (χ3v) is 6.50. The van der Waals surface area contributed by atoms with Gasteiger partial charge in [-0.1, -0.05) is 19.9 Å². The number of anilines is 1. The Bertz CT molecular complexity index is 953. The molecule has 0 aliphatic carbocycles. The van der Waals surface area contributed by atoms with Gasteiger partial charge in [-0.15, -0.1) is 0 Å². The Hall–Kier alpha value is -2.58. The third-order valence-electron chi connectivity index (χ3n) is 4.45. The summed E-state index contributed by atoms with van der Waals surface area (Å²) < 4.78 is 37.3. The van der Waals surface area contributed by atoms with Crippen LogP contribution in [-0.2, 0) is 10.0 Å². The van der Waals surface area contributed by atoms with E-state index in [1.54, 1.807) is 45.0 Å². The lowest BCUT2D eigenvalue weighted by molar-refractivity contribution is 0.102. The van der Waals surface area contributed by atoms with Crippen molar-refractivity contribution in [2.24, 2.45) is 0 Å². The Balaban J connectivity index is 2.39. The first-order chi connectivity index (χ1) is 13.3. The molecule has 0 aliphatic heterocycles. The van der Waals surface area contributed by atoms with Crippen LogP contribution in [0.2, 0.25) is 0 Å². The van der Waals surface area contributed by atoms with Gasteiger partial charge in [0.2, 0.25) is 10.0 Å². The maximum Gasteiger partial charge on any atom is 0.256 e. The lowest BCUT2D eigenvalue weighted by atomic mass is 10.1. The maximum atomic E-state index is 12.8. The largest absolute Gasteiger partial charge is 0.497 e. The van der Waals surface area contributed by atoms with Gasteiger partial charge < -0.3 is 14.8 Å². The molecule has 0 saturated carbocycles. The molecule has 0 heterocycles. The number of amides is 1. The van der Waals surface area contributed by atoms with E-state index in [2.05, 4.69) is 5.32 Å². The number of methoxy groups -OCH3 is 2. The van der Waals surface area contributed by atoms with E-state index in [4.69, 9.17) is 9.47 Å². The molecule has 2 aromatic carbocycles. The standard InChI is InChI=1S/C20H26N2O5S/c1-6-22(7-2)28(24,25)16-10-8-14(3)17(13-16)20(23)21-18-11-9-15(26-4)12-19(18)27-5/h8-13H,6-7H2,1-5H3,(H,21,23). The van der Waals surface area contributed by atoms with Crippen molar-refractivity contribution in [1.82, 2.24) is 4.31 Å². The van der Waals surface area contributed by atoms with Gasteiger partial charge in [-0.2, -0.15) is 4.31 Å². The van der Waals surface area contributed by atoms with Crippen molar-refractivity contribution in [2.75, 3.05) is 32.6 Å². The number of hydrogen-bond acceptors (Lipinski definition) is 5. The van der Waals surface area contributed by atoms with Gasteiger partial charge in [0.15, 0.2) is 0 Å². The quantitative estimate of drug-likeness (QED) is 0.727. The number of hydrogen-bond donors (Lipinski definition) is 1. The van der Waals surface area contributed by atoms with E-state index in [9.17, 15) is 13.2 Å². The average molecular weight is 407 g/mol. The summed E-state index contributed by atoms with van der Waals surface area (Å²) in [6, 6.07) is 9.59. The Kier molecular flexibility index (Phi) is 7.04. The molecular weight excluding hydrogens is 380 g/mol. The molecule has 2 aromatic rings. The molecular formula is C20H26N2O5S. The predicted octanol–water partition coefficient (Wildman–Crippen LogP) is 3.30. The zero-order chi connectivity index (χ0) is 20.9. The molecule has 1 N–H and O–H groups in total. The van der Waals surface area contributed by atoms with Crippen LogP contribution in [0.4, 0.5) is 5.69 Å². The predicted molar refractivity (Wildman–Crippen MR) is 109 cm³/mol. The lowest BCUT2D eigenvalue weighted by Gasteiger charge is -2.19. The van der Waals surface area contributed by atoms with Crippen LogP contribution in [0, 0.1) is 6.92 Å². The van der Waals surface area contributed by atoms with E-state index in [0.717, 1.165) is 0 Å². The molecule has 0 unspecified atom stereocenters. The minimum atomic E-state index is -3.66. The minimum Gasteiger partial charge on any atom is -0.497 e. The summed E-state index contributed by atoms with van der Waals surface area (Å²) in [4.78, 5) is 12.9. The normalized spacial score (nSPS) is 11.4. The summed E-state index contributed by atoms with van der Waals surface area (Å²) in [5.74, 6) is 0.619. The zero-order valence-electron chi connectivity index (χ0n) is 16.8. The first-order valence-electron chi connectivity index (χ1n) is 8.92. The van der Waals surface area contributed by atoms with Crippen LogP contribution in [-0.4, -0.2) is 45.9 Å². The van der Waals surface area contributed by atoms with Gasteiger partial charge in [-0.05, 0) is 36.8 Å². The van der Waals surface area contributed by atoms with Crippen molar-refractivity contribution in [3.05, 3.63) is 47.5 Å². The molecule has 0 radical (unpaired) electrons. The van der Waals surface area contributed by atoms with Crippen LogP contribution in [0.3, 0.4) is 0 Å². The zero-order valence-corrected chi connectivity index (χ0v) is 17.6. The molecule has 7 nitrogen and oxygen atoms in total. The Labute approximate surface area is 166 Å². The molecule has 0 bridgehead atoms. The average Bonchev–Trinajstić information content (AvgIpc) is 2.69. The summed E-state index contributed by atoms with van der Waals surface area (Å²) >= 11 is 0. The van der Waals surface area contributed by atoms with Gasteiger partial charge >= 0.3 is 0 Å². The van der Waals surface area contributed by atoms with Gasteiger partial charge in [-0.3, -0.25) is 4.79 Å². The number of nitrogens with zero attached hydrogens (tertiary/aromatic N) is 1. The highest BCUT2D eigenvalue weighted by Crippen LogP contribution is 2.30. The van der Waals surface area contributed by atoms with Crippen LogP contribution in [0.5, 0.6) is 11.5 Å². The molecule has 8 heteroatoms. The van der Waals surface area contributed by atoms with Crippen LogP contribution in [0.1, 0.15) is 29.8 Å². The van der Waals surface area contributed by atoms with Gasteiger partial charge in [0.05, 0.1) is 24.8 Å². The van der Waals surface area contributed by atoms with Crippen molar-refractivity contribution in [3.8, 4) is 11.5 Å². The van der Waals surface area contributed by atoms with Crippen LogP contribution < -0.4 is 14.8 Å². The summed E-state index contributed by atoms with van der Waals surface area (Å²) in [6.07, 6.45) is 0. The van der Waals surface area contributed by atoms with Crippen LogP contribution >= 0.6 is 0 Å². The van der Waals surface area contributed by atoms with Gasteiger partial charge in [0, 0.05) is 24.7 Å². The first kappa shape index (κ1) is 21.7. The highest BCUT2D eigenvalue weighted by atomic mass is 32.2. The van der Waals surface area contributed by atoms with Crippen molar-refractivity contribution < 1.29 is 22.7 Å². The first-order valence-corrected chi connectivity index (χ1v) is 10.4. The number of sulfonamides is 1. The number of benzene rings is 2. The second-order valence-corrected chi connectivity index (χ2v) is 8.02. The van der Waals surface area contributed by atoms with E-state index < -0.39 is 15.9 Å². The van der Waals surface area contributed by atoms with E-state index in [1.807, 2.05) is 0 Å². The third kappa shape index (κ3) is 4.45. The second kappa shape index (κ2) is 9.07. The van der Waals surface area contributed by atoms with Crippen molar-refractivity contribution in [2.45, 2.75) is 25.7 Å². The van der Waals surface area contributed by atoms with Crippen molar-refractivity contribution >= 4 is 21.6 Å². The van der Waals surface area contributed by atoms with Crippen molar-refractivity contribution in [3.63, 3.8) is 0 Å². The minimum absolute atomic E-state index is 0.0913. The summed E-state index contributed by atoms with van der Waals surface area (Å²) in [5.41, 5.74) is 1.42. The fourth-order valence-corrected chi connectivity index (χ4v) is 4.29. The number of rotatable bonds is 8. The van der Waals surface area contributed by atoms with E-state index in [-0.39, 0.29) is 10.5 Å². The Morgan fingerprint density at radius 3 is 2.29 bits per heavy atom. The molecule has 0 fully saturated rings. The number of aryl methyl sites for hydroxylation is 1. The highest BCUT2D eigenvalue weighted by Gasteiger charge is 2.23. The van der Waals surface area contributed by atoms with Crippen LogP contribution in [0.15, 0.2) is 41.3 Å². The number of ether oxygens (including phenoxy) is 2. The van der Waals surface area contributed by atoms with E-state index in [1.165, 1.54) is 30.7 Å². The fourth-order valence-electron chi connectivity index (χ4n) is 2.81. The van der Waals surface area contributed by atoms with Gasteiger partial charge in [0.1, 0.15) is 11.5 Å². The lowest BCUT2D eigenvalue weighted by Crippen LogP contribution is -2.30. The number of nitrogens with one attached hydrogen (secondary N) is 1. The Morgan fingerprint density at radius 2 is 1.71 bits per heavy atom.